The lowest BCUT2D eigenvalue weighted by Gasteiger charge is -2.50. The van der Waals surface area contributed by atoms with Crippen molar-refractivity contribution in [2.24, 2.45) is 4.99 Å². The zero-order valence-electron chi connectivity index (χ0n) is 15.3. The second-order valence-electron chi connectivity index (χ2n) is 7.87. The Kier molecular flexibility index (Phi) is 5.12. The van der Waals surface area contributed by atoms with Crippen LogP contribution in [0.1, 0.15) is 65.5 Å². The van der Waals surface area contributed by atoms with Gasteiger partial charge >= 0.3 is 0 Å². The second kappa shape index (κ2) is 6.58. The third-order valence-electron chi connectivity index (χ3n) is 4.85. The monoisotopic (exact) mass is 314 g/mol. The summed E-state index contributed by atoms with van der Waals surface area (Å²) in [6, 6.07) is 8.74. The summed E-state index contributed by atoms with van der Waals surface area (Å²) in [5, 5.41) is 11.9. The van der Waals surface area contributed by atoms with Gasteiger partial charge in [0, 0.05) is 17.3 Å². The molecule has 23 heavy (non-hydrogen) atoms. The molecule has 0 atom stereocenters. The van der Waals surface area contributed by atoms with E-state index >= 15 is 0 Å². The van der Waals surface area contributed by atoms with Crippen molar-refractivity contribution in [3.05, 3.63) is 41.5 Å². The molecule has 1 saturated heterocycles. The van der Waals surface area contributed by atoms with Gasteiger partial charge in [-0.3, -0.25) is 4.99 Å². The van der Waals surface area contributed by atoms with Gasteiger partial charge in [-0.1, -0.05) is 30.3 Å². The summed E-state index contributed by atoms with van der Waals surface area (Å²) >= 11 is 0. The first-order valence-electron chi connectivity index (χ1n) is 8.41. The molecule has 0 spiro atoms. The van der Waals surface area contributed by atoms with Crippen molar-refractivity contribution in [3.8, 4) is 0 Å². The average Bonchev–Trinajstić information content (AvgIpc) is 2.50. The molecule has 0 saturated carbocycles. The largest absolute Gasteiger partial charge is 0.313 e. The number of aliphatic imine (C=N–C) groups is 1. The van der Waals surface area contributed by atoms with Crippen LogP contribution in [0.25, 0.3) is 5.57 Å². The van der Waals surface area contributed by atoms with E-state index in [4.69, 9.17) is 4.99 Å². The summed E-state index contributed by atoms with van der Waals surface area (Å²) in [6.07, 6.45) is 5.81. The summed E-state index contributed by atoms with van der Waals surface area (Å²) in [4.78, 5) is 4.80. The Bertz CT molecular complexity index is 579. The number of nitrogens with zero attached hydrogens (tertiary/aromatic N) is 2. The van der Waals surface area contributed by atoms with Gasteiger partial charge in [-0.2, -0.15) is 5.06 Å². The molecule has 0 bridgehead atoms. The van der Waals surface area contributed by atoms with Gasteiger partial charge in [0.1, 0.15) is 0 Å². The molecule has 0 aliphatic carbocycles. The normalized spacial score (nSPS) is 22.7. The number of hydroxylamine groups is 2. The molecule has 0 aromatic heterocycles. The predicted molar refractivity (Wildman–Crippen MR) is 98.2 cm³/mol. The van der Waals surface area contributed by atoms with Crippen LogP contribution in [0.3, 0.4) is 0 Å². The number of benzene rings is 1. The number of allylic oxidation sites excluding steroid dienone is 2. The van der Waals surface area contributed by atoms with E-state index in [1.807, 2.05) is 6.21 Å². The molecule has 2 rings (SSSR count). The molecule has 1 heterocycles. The van der Waals surface area contributed by atoms with Crippen LogP contribution in [0, 0.1) is 0 Å². The SMILES string of the molecule is C/C=C(/C)c1ccc(C=NC2CC(C)(C)N(O)C(C)(C)C2)cc1. The Morgan fingerprint density at radius 2 is 1.65 bits per heavy atom. The zero-order valence-corrected chi connectivity index (χ0v) is 15.3. The lowest BCUT2D eigenvalue weighted by molar-refractivity contribution is -0.244. The molecule has 1 aromatic carbocycles. The van der Waals surface area contributed by atoms with Gasteiger partial charge in [0.15, 0.2) is 0 Å². The van der Waals surface area contributed by atoms with Crippen LogP contribution >= 0.6 is 0 Å². The maximum absolute atomic E-state index is 10.3. The van der Waals surface area contributed by atoms with E-state index in [1.165, 1.54) is 16.2 Å². The summed E-state index contributed by atoms with van der Waals surface area (Å²) in [7, 11) is 0. The van der Waals surface area contributed by atoms with Crippen LogP contribution in [0.5, 0.6) is 0 Å². The molecule has 3 heteroatoms. The second-order valence-corrected chi connectivity index (χ2v) is 7.87. The average molecular weight is 314 g/mol. The topological polar surface area (TPSA) is 35.8 Å². The highest BCUT2D eigenvalue weighted by Gasteiger charge is 2.44. The van der Waals surface area contributed by atoms with Gasteiger partial charge in [0.2, 0.25) is 0 Å². The minimum atomic E-state index is -0.253. The van der Waals surface area contributed by atoms with E-state index in [0.29, 0.717) is 0 Å². The van der Waals surface area contributed by atoms with Crippen LogP contribution in [0.4, 0.5) is 0 Å². The van der Waals surface area contributed by atoms with Gasteiger partial charge in [0.25, 0.3) is 0 Å². The Balaban J connectivity index is 2.11. The van der Waals surface area contributed by atoms with Gasteiger partial charge in [-0.25, -0.2) is 0 Å². The smallest absolute Gasteiger partial charge is 0.0536 e. The molecule has 126 valence electrons. The first kappa shape index (κ1) is 17.9. The van der Waals surface area contributed by atoms with E-state index in [-0.39, 0.29) is 17.1 Å². The molecule has 0 radical (unpaired) electrons. The number of rotatable bonds is 3. The van der Waals surface area contributed by atoms with E-state index in [1.54, 1.807) is 0 Å². The molecule has 1 aromatic rings. The summed E-state index contributed by atoms with van der Waals surface area (Å²) < 4.78 is 0. The predicted octanol–water partition coefficient (Wildman–Crippen LogP) is 4.94. The van der Waals surface area contributed by atoms with Crippen molar-refractivity contribution >= 4 is 11.8 Å². The summed E-state index contributed by atoms with van der Waals surface area (Å²) in [5.41, 5.74) is 3.15. The maximum atomic E-state index is 10.3. The Hall–Kier alpha value is -1.45. The molecule has 1 aliphatic rings. The minimum absolute atomic E-state index is 0.236. The molecule has 0 amide bonds. The fraction of sp³-hybridized carbons (Fsp3) is 0.550. The fourth-order valence-corrected chi connectivity index (χ4v) is 3.51. The molecule has 1 fully saturated rings. The van der Waals surface area contributed by atoms with Crippen LogP contribution in [-0.4, -0.2) is 33.6 Å². The highest BCUT2D eigenvalue weighted by molar-refractivity contribution is 5.80. The van der Waals surface area contributed by atoms with Crippen LogP contribution in [0.15, 0.2) is 35.3 Å². The molecule has 1 N–H and O–H groups in total. The zero-order chi connectivity index (χ0) is 17.3. The maximum Gasteiger partial charge on any atom is 0.0536 e. The van der Waals surface area contributed by atoms with E-state index in [2.05, 4.69) is 71.9 Å². The van der Waals surface area contributed by atoms with Crippen LogP contribution < -0.4 is 0 Å². The quantitative estimate of drug-likeness (QED) is 0.802. The Morgan fingerprint density at radius 3 is 2.13 bits per heavy atom. The molecule has 1 aliphatic heterocycles. The van der Waals surface area contributed by atoms with Crippen molar-refractivity contribution < 1.29 is 5.21 Å². The third-order valence-corrected chi connectivity index (χ3v) is 4.85. The lowest BCUT2D eigenvalue weighted by Crippen LogP contribution is -2.59. The number of hydrogen-bond donors (Lipinski definition) is 1. The van der Waals surface area contributed by atoms with Gasteiger partial charge in [0.05, 0.1) is 6.04 Å². The highest BCUT2D eigenvalue weighted by Crippen LogP contribution is 2.37. The van der Waals surface area contributed by atoms with Crippen molar-refractivity contribution in [2.75, 3.05) is 0 Å². The van der Waals surface area contributed by atoms with Gasteiger partial charge < -0.3 is 5.21 Å². The standard InChI is InChI=1S/C20H30N2O/c1-7-15(2)17-10-8-16(9-11-17)14-21-18-12-19(3,4)22(23)20(5,6)13-18/h7-11,14,18,23H,12-13H2,1-6H3/b15-7-,21-14?. The van der Waals surface area contributed by atoms with Crippen LogP contribution in [-0.2, 0) is 0 Å². The van der Waals surface area contributed by atoms with Gasteiger partial charge in [-0.15, -0.1) is 0 Å². The fourth-order valence-electron chi connectivity index (χ4n) is 3.51. The molecule has 0 unspecified atom stereocenters. The highest BCUT2D eigenvalue weighted by atomic mass is 16.5. The summed E-state index contributed by atoms with van der Waals surface area (Å²) in [6.45, 7) is 12.5. The first-order chi connectivity index (χ1) is 10.7. The van der Waals surface area contributed by atoms with Crippen LogP contribution in [0.2, 0.25) is 0 Å². The minimum Gasteiger partial charge on any atom is -0.313 e. The van der Waals surface area contributed by atoms with E-state index < -0.39 is 0 Å². The Labute approximate surface area is 140 Å². The van der Waals surface area contributed by atoms with Crippen molar-refractivity contribution in [3.63, 3.8) is 0 Å². The van der Waals surface area contributed by atoms with Crippen molar-refractivity contribution in [2.45, 2.75) is 71.5 Å². The molecular formula is C20H30N2O. The first-order valence-corrected chi connectivity index (χ1v) is 8.41. The van der Waals surface area contributed by atoms with Crippen molar-refractivity contribution in [1.82, 2.24) is 5.06 Å². The molecular weight excluding hydrogens is 284 g/mol. The lowest BCUT2D eigenvalue weighted by atomic mass is 9.79. The van der Waals surface area contributed by atoms with Crippen molar-refractivity contribution in [1.29, 1.82) is 0 Å². The third kappa shape index (κ3) is 4.10. The number of piperidine rings is 1. The van der Waals surface area contributed by atoms with E-state index in [0.717, 1.165) is 18.4 Å². The van der Waals surface area contributed by atoms with E-state index in [9.17, 15) is 5.21 Å². The van der Waals surface area contributed by atoms with Gasteiger partial charge in [-0.05, 0) is 71.1 Å². The molecule has 3 nitrogen and oxygen atoms in total. The summed E-state index contributed by atoms with van der Waals surface area (Å²) in [5.74, 6) is 0. The Morgan fingerprint density at radius 1 is 1.13 bits per heavy atom. The number of hydrogen-bond acceptors (Lipinski definition) is 3.